The number of amides is 1. The van der Waals surface area contributed by atoms with Crippen molar-refractivity contribution < 1.29 is 14.3 Å². The molecule has 2 aromatic carbocycles. The van der Waals surface area contributed by atoms with Crippen molar-refractivity contribution in [1.29, 1.82) is 0 Å². The molecule has 0 bridgehead atoms. The molecule has 1 fully saturated rings. The zero-order chi connectivity index (χ0) is 23.1. The Bertz CT molecular complexity index is 1320. The highest BCUT2D eigenvalue weighted by atomic mass is 32.1. The van der Waals surface area contributed by atoms with Crippen LogP contribution < -0.4 is 0 Å². The van der Waals surface area contributed by atoms with Gasteiger partial charge in [-0.25, -0.2) is 0 Å². The number of hydrogen-bond acceptors (Lipinski definition) is 5. The number of nitrogens with zero attached hydrogens (tertiary/aromatic N) is 2. The maximum Gasteiger partial charge on any atom is 0.289 e. The van der Waals surface area contributed by atoms with Gasteiger partial charge in [-0.15, -0.1) is 0 Å². The summed E-state index contributed by atoms with van der Waals surface area (Å²) in [4.78, 5) is 17.4. The van der Waals surface area contributed by atoms with Crippen molar-refractivity contribution in [2.45, 2.75) is 38.0 Å². The van der Waals surface area contributed by atoms with E-state index in [1.54, 1.807) is 11.3 Å². The van der Waals surface area contributed by atoms with E-state index >= 15 is 0 Å². The van der Waals surface area contributed by atoms with Crippen LogP contribution in [-0.4, -0.2) is 40.4 Å². The van der Waals surface area contributed by atoms with E-state index in [9.17, 15) is 9.90 Å². The van der Waals surface area contributed by atoms with Gasteiger partial charge < -0.3 is 14.4 Å². The number of likely N-dealkylation sites (tertiary alicyclic amines) is 1. The van der Waals surface area contributed by atoms with Crippen LogP contribution in [0.15, 0.2) is 69.8 Å². The summed E-state index contributed by atoms with van der Waals surface area (Å²) in [7, 11) is 0. The second-order valence-electron chi connectivity index (χ2n) is 9.55. The summed E-state index contributed by atoms with van der Waals surface area (Å²) < 4.78 is 5.94. The molecule has 6 heteroatoms. The number of rotatable bonds is 4. The Hall–Kier alpha value is -2.93. The first-order valence-electron chi connectivity index (χ1n) is 11.9. The molecule has 0 radical (unpaired) electrons. The summed E-state index contributed by atoms with van der Waals surface area (Å²) in [6.45, 7) is 3.96. The molecule has 1 amide bonds. The van der Waals surface area contributed by atoms with Crippen molar-refractivity contribution >= 4 is 28.2 Å². The molecule has 0 atom stereocenters. The summed E-state index contributed by atoms with van der Waals surface area (Å²) in [5.41, 5.74) is 4.59. The van der Waals surface area contributed by atoms with Crippen molar-refractivity contribution in [2.75, 3.05) is 19.6 Å². The van der Waals surface area contributed by atoms with Crippen LogP contribution in [0.4, 0.5) is 0 Å². The quantitative estimate of drug-likeness (QED) is 0.445. The third kappa shape index (κ3) is 4.06. The van der Waals surface area contributed by atoms with Crippen LogP contribution >= 0.6 is 11.3 Å². The molecule has 4 heterocycles. The molecule has 0 saturated carbocycles. The highest BCUT2D eigenvalue weighted by Gasteiger charge is 2.34. The lowest BCUT2D eigenvalue weighted by molar-refractivity contribution is -0.0276. The van der Waals surface area contributed by atoms with Gasteiger partial charge in [0.25, 0.3) is 5.91 Å². The van der Waals surface area contributed by atoms with E-state index in [0.717, 1.165) is 37.0 Å². The molecule has 0 unspecified atom stereocenters. The summed E-state index contributed by atoms with van der Waals surface area (Å²) in [6, 6.07) is 18.1. The van der Waals surface area contributed by atoms with E-state index in [1.165, 1.54) is 16.7 Å². The number of benzene rings is 2. The summed E-state index contributed by atoms with van der Waals surface area (Å²) in [5, 5.41) is 16.6. The number of hydrogen-bond donors (Lipinski definition) is 1. The molecule has 6 rings (SSSR count). The number of furan rings is 1. The summed E-state index contributed by atoms with van der Waals surface area (Å²) in [5.74, 6) is 0.289. The van der Waals surface area contributed by atoms with Gasteiger partial charge in [-0.05, 0) is 76.5 Å². The minimum Gasteiger partial charge on any atom is -0.451 e. The van der Waals surface area contributed by atoms with E-state index in [-0.39, 0.29) is 5.91 Å². The maximum absolute atomic E-state index is 13.2. The lowest BCUT2D eigenvalue weighted by Crippen LogP contribution is -2.42. The van der Waals surface area contributed by atoms with E-state index in [2.05, 4.69) is 39.9 Å². The van der Waals surface area contributed by atoms with Gasteiger partial charge in [-0.1, -0.05) is 30.3 Å². The first-order chi connectivity index (χ1) is 16.6. The van der Waals surface area contributed by atoms with Crippen LogP contribution in [0.5, 0.6) is 0 Å². The predicted molar refractivity (Wildman–Crippen MR) is 134 cm³/mol. The maximum atomic E-state index is 13.2. The lowest BCUT2D eigenvalue weighted by atomic mass is 9.84. The third-order valence-corrected chi connectivity index (χ3v) is 8.08. The SMILES string of the molecule is O=C(c1cc2cc(C3(O)CCN(Cc4ccsc4)CC3)ccc2o1)N1CCc2ccccc2C1. The first-order valence-corrected chi connectivity index (χ1v) is 12.9. The molecule has 174 valence electrons. The van der Waals surface area contributed by atoms with Crippen molar-refractivity contribution in [2.24, 2.45) is 0 Å². The van der Waals surface area contributed by atoms with E-state index in [1.807, 2.05) is 35.2 Å². The Balaban J connectivity index is 1.17. The van der Waals surface area contributed by atoms with Gasteiger partial charge in [0.1, 0.15) is 5.58 Å². The number of aliphatic hydroxyl groups is 1. The first kappa shape index (κ1) is 21.6. The van der Waals surface area contributed by atoms with Crippen LogP contribution in [0.2, 0.25) is 0 Å². The topological polar surface area (TPSA) is 56.9 Å². The van der Waals surface area contributed by atoms with Gasteiger partial charge in [-0.2, -0.15) is 11.3 Å². The second kappa shape index (κ2) is 8.69. The van der Waals surface area contributed by atoms with Crippen molar-refractivity contribution in [3.63, 3.8) is 0 Å². The Labute approximate surface area is 203 Å². The number of fused-ring (bicyclic) bond motifs is 2. The lowest BCUT2D eigenvalue weighted by Gasteiger charge is -2.38. The molecule has 1 N–H and O–H groups in total. The fourth-order valence-electron chi connectivity index (χ4n) is 5.27. The fraction of sp³-hybridized carbons (Fsp3) is 0.321. The molecule has 4 aromatic rings. The number of carbonyl (C=O) groups is 1. The van der Waals surface area contributed by atoms with E-state index in [4.69, 9.17) is 4.42 Å². The van der Waals surface area contributed by atoms with Crippen LogP contribution in [0.1, 0.15) is 45.7 Å². The van der Waals surface area contributed by atoms with Crippen LogP contribution in [0, 0.1) is 0 Å². The van der Waals surface area contributed by atoms with E-state index in [0.29, 0.717) is 37.3 Å². The monoisotopic (exact) mass is 472 g/mol. The fourth-order valence-corrected chi connectivity index (χ4v) is 5.93. The molecule has 0 spiro atoms. The predicted octanol–water partition coefficient (Wildman–Crippen LogP) is 5.18. The Kier molecular flexibility index (Phi) is 5.52. The van der Waals surface area contributed by atoms with Gasteiger partial charge in [0, 0.05) is 38.1 Å². The molecule has 34 heavy (non-hydrogen) atoms. The molecule has 0 aliphatic carbocycles. The highest BCUT2D eigenvalue weighted by molar-refractivity contribution is 7.07. The zero-order valence-electron chi connectivity index (χ0n) is 19.1. The zero-order valence-corrected chi connectivity index (χ0v) is 19.9. The Morgan fingerprint density at radius 3 is 2.65 bits per heavy atom. The van der Waals surface area contributed by atoms with Gasteiger partial charge >= 0.3 is 0 Å². The van der Waals surface area contributed by atoms with Crippen molar-refractivity contribution in [3.8, 4) is 0 Å². The second-order valence-corrected chi connectivity index (χ2v) is 10.3. The average molecular weight is 473 g/mol. The normalized spacial score (nSPS) is 18.2. The molecule has 1 saturated heterocycles. The summed E-state index contributed by atoms with van der Waals surface area (Å²) in [6.07, 6.45) is 2.25. The molecule has 5 nitrogen and oxygen atoms in total. The van der Waals surface area contributed by atoms with Crippen LogP contribution in [0.25, 0.3) is 11.0 Å². The number of thiophene rings is 1. The van der Waals surface area contributed by atoms with Gasteiger partial charge in [-0.3, -0.25) is 9.69 Å². The van der Waals surface area contributed by atoms with Crippen LogP contribution in [0.3, 0.4) is 0 Å². The van der Waals surface area contributed by atoms with Crippen molar-refractivity contribution in [3.05, 3.63) is 93.4 Å². The van der Waals surface area contributed by atoms with Crippen LogP contribution in [-0.2, 0) is 25.1 Å². The molecular formula is C28H28N2O3S. The minimum atomic E-state index is -0.850. The smallest absolute Gasteiger partial charge is 0.289 e. The minimum absolute atomic E-state index is 0.0762. The molecule has 2 aliphatic heterocycles. The molecule has 2 aromatic heterocycles. The molecular weight excluding hydrogens is 444 g/mol. The van der Waals surface area contributed by atoms with E-state index < -0.39 is 5.60 Å². The number of carbonyl (C=O) groups excluding carboxylic acids is 1. The highest BCUT2D eigenvalue weighted by Crippen LogP contribution is 2.36. The standard InChI is InChI=1S/C28H28N2O3S/c31-27(30-11-7-21-3-1-2-4-22(21)18-30)26-16-23-15-24(5-6-25(23)33-26)28(32)9-12-29(13-10-28)17-20-8-14-34-19-20/h1-6,8,14-16,19,32H,7,9-13,17-18H2. The van der Waals surface area contributed by atoms with Gasteiger partial charge in [0.05, 0.1) is 5.60 Å². The van der Waals surface area contributed by atoms with Gasteiger partial charge in [0.2, 0.25) is 0 Å². The largest absolute Gasteiger partial charge is 0.451 e. The number of piperidine rings is 1. The molecule has 2 aliphatic rings. The van der Waals surface area contributed by atoms with Crippen molar-refractivity contribution in [1.82, 2.24) is 9.80 Å². The average Bonchev–Trinajstić information content (AvgIpc) is 3.54. The Morgan fingerprint density at radius 2 is 1.85 bits per heavy atom. The summed E-state index contributed by atoms with van der Waals surface area (Å²) >= 11 is 1.72. The van der Waals surface area contributed by atoms with Gasteiger partial charge in [0.15, 0.2) is 5.76 Å². The Morgan fingerprint density at radius 1 is 1.03 bits per heavy atom. The third-order valence-electron chi connectivity index (χ3n) is 7.35.